The number of likely N-dealkylation sites (tertiary alicyclic amines) is 1. The van der Waals surface area contributed by atoms with Gasteiger partial charge in [0.1, 0.15) is 5.82 Å². The van der Waals surface area contributed by atoms with Gasteiger partial charge in [0.25, 0.3) is 0 Å². The van der Waals surface area contributed by atoms with Crippen molar-refractivity contribution in [2.24, 2.45) is 11.7 Å². The van der Waals surface area contributed by atoms with Gasteiger partial charge in [-0.15, -0.1) is 0 Å². The van der Waals surface area contributed by atoms with Crippen LogP contribution >= 0.6 is 0 Å². The lowest BCUT2D eigenvalue weighted by atomic mass is 9.96. The number of halogens is 1. The van der Waals surface area contributed by atoms with Gasteiger partial charge in [0, 0.05) is 30.9 Å². The molecule has 20 heavy (non-hydrogen) atoms. The molecule has 0 aromatic heterocycles. The van der Waals surface area contributed by atoms with Crippen LogP contribution in [0.5, 0.6) is 0 Å². The second-order valence-corrected chi connectivity index (χ2v) is 6.09. The third-order valence-electron chi connectivity index (χ3n) is 4.27. The Kier molecular flexibility index (Phi) is 5.00. The molecule has 1 unspecified atom stereocenters. The van der Waals surface area contributed by atoms with Crippen LogP contribution in [0.1, 0.15) is 31.4 Å². The highest BCUT2D eigenvalue weighted by Gasteiger charge is 2.21. The molecule has 1 aromatic rings. The van der Waals surface area contributed by atoms with Gasteiger partial charge >= 0.3 is 0 Å². The van der Waals surface area contributed by atoms with Crippen molar-refractivity contribution in [2.45, 2.75) is 25.8 Å². The van der Waals surface area contributed by atoms with Crippen molar-refractivity contribution in [3.8, 4) is 0 Å². The Bertz CT molecular complexity index is 439. The van der Waals surface area contributed by atoms with E-state index in [9.17, 15) is 4.39 Å². The summed E-state index contributed by atoms with van der Waals surface area (Å²) in [6.07, 6.45) is 2.42. The molecule has 0 bridgehead atoms. The van der Waals surface area contributed by atoms with Crippen LogP contribution < -0.4 is 10.6 Å². The van der Waals surface area contributed by atoms with Crippen molar-refractivity contribution < 1.29 is 4.39 Å². The van der Waals surface area contributed by atoms with Gasteiger partial charge in [-0.05, 0) is 58.0 Å². The molecule has 0 radical (unpaired) electrons. The second-order valence-electron chi connectivity index (χ2n) is 6.09. The van der Waals surface area contributed by atoms with E-state index in [0.29, 0.717) is 11.5 Å². The van der Waals surface area contributed by atoms with Gasteiger partial charge in [-0.3, -0.25) is 0 Å². The van der Waals surface area contributed by atoms with Gasteiger partial charge in [-0.25, -0.2) is 4.39 Å². The SMILES string of the molecule is CC(N)c1c(F)cccc1N(C)CC1CCN(C)CC1. The largest absolute Gasteiger partial charge is 0.374 e. The summed E-state index contributed by atoms with van der Waals surface area (Å²) in [5.74, 6) is 0.480. The van der Waals surface area contributed by atoms with E-state index in [4.69, 9.17) is 5.73 Å². The van der Waals surface area contributed by atoms with Gasteiger partial charge in [0.15, 0.2) is 0 Å². The van der Waals surface area contributed by atoms with Crippen molar-refractivity contribution in [3.05, 3.63) is 29.6 Å². The van der Waals surface area contributed by atoms with Crippen LogP contribution in [-0.4, -0.2) is 38.6 Å². The highest BCUT2D eigenvalue weighted by atomic mass is 19.1. The molecule has 0 spiro atoms. The first kappa shape index (κ1) is 15.3. The van der Waals surface area contributed by atoms with E-state index in [-0.39, 0.29) is 11.9 Å². The van der Waals surface area contributed by atoms with Crippen LogP contribution in [-0.2, 0) is 0 Å². The van der Waals surface area contributed by atoms with E-state index in [1.807, 2.05) is 20.0 Å². The van der Waals surface area contributed by atoms with E-state index < -0.39 is 0 Å². The maximum Gasteiger partial charge on any atom is 0.130 e. The van der Waals surface area contributed by atoms with Crippen LogP contribution in [0.2, 0.25) is 0 Å². The summed E-state index contributed by atoms with van der Waals surface area (Å²) in [6.45, 7) is 5.12. The van der Waals surface area contributed by atoms with Crippen molar-refractivity contribution >= 4 is 5.69 Å². The molecule has 0 saturated carbocycles. The highest BCUT2D eigenvalue weighted by Crippen LogP contribution is 2.28. The van der Waals surface area contributed by atoms with Gasteiger partial charge in [0.2, 0.25) is 0 Å². The average molecular weight is 279 g/mol. The Labute approximate surface area is 121 Å². The van der Waals surface area contributed by atoms with Gasteiger partial charge in [-0.2, -0.15) is 0 Å². The molecule has 1 saturated heterocycles. The van der Waals surface area contributed by atoms with E-state index in [1.165, 1.54) is 18.9 Å². The summed E-state index contributed by atoms with van der Waals surface area (Å²) in [5.41, 5.74) is 7.49. The summed E-state index contributed by atoms with van der Waals surface area (Å²) < 4.78 is 14.0. The normalized spacial score (nSPS) is 19.1. The fourth-order valence-corrected chi connectivity index (χ4v) is 3.04. The lowest BCUT2D eigenvalue weighted by Crippen LogP contribution is -2.36. The van der Waals surface area contributed by atoms with E-state index in [2.05, 4.69) is 16.8 Å². The number of rotatable bonds is 4. The Balaban J connectivity index is 2.09. The van der Waals surface area contributed by atoms with Crippen molar-refractivity contribution in [1.82, 2.24) is 4.90 Å². The summed E-state index contributed by atoms with van der Waals surface area (Å²) in [7, 11) is 4.21. The lowest BCUT2D eigenvalue weighted by Gasteiger charge is -2.33. The Morgan fingerprint density at radius 3 is 2.65 bits per heavy atom. The zero-order chi connectivity index (χ0) is 14.7. The Hall–Kier alpha value is -1.13. The van der Waals surface area contributed by atoms with Gasteiger partial charge in [-0.1, -0.05) is 6.07 Å². The predicted molar refractivity (Wildman–Crippen MR) is 82.5 cm³/mol. The number of benzene rings is 1. The summed E-state index contributed by atoms with van der Waals surface area (Å²) >= 11 is 0. The van der Waals surface area contributed by atoms with Crippen molar-refractivity contribution in [1.29, 1.82) is 0 Å². The second kappa shape index (κ2) is 6.55. The zero-order valence-corrected chi connectivity index (χ0v) is 12.8. The summed E-state index contributed by atoms with van der Waals surface area (Å²) in [4.78, 5) is 4.53. The fourth-order valence-electron chi connectivity index (χ4n) is 3.04. The number of hydrogen-bond acceptors (Lipinski definition) is 3. The minimum atomic E-state index is -0.286. The zero-order valence-electron chi connectivity index (χ0n) is 12.8. The maximum atomic E-state index is 14.0. The smallest absolute Gasteiger partial charge is 0.130 e. The molecule has 2 rings (SSSR count). The molecule has 2 N–H and O–H groups in total. The first-order valence-corrected chi connectivity index (χ1v) is 7.42. The Morgan fingerprint density at radius 1 is 1.40 bits per heavy atom. The molecule has 1 heterocycles. The van der Waals surface area contributed by atoms with Crippen LogP contribution in [0.15, 0.2) is 18.2 Å². The lowest BCUT2D eigenvalue weighted by molar-refractivity contribution is 0.222. The number of hydrogen-bond donors (Lipinski definition) is 1. The van der Waals surface area contributed by atoms with Gasteiger partial charge in [0.05, 0.1) is 0 Å². The quantitative estimate of drug-likeness (QED) is 0.919. The topological polar surface area (TPSA) is 32.5 Å². The molecule has 3 nitrogen and oxygen atoms in total. The molecule has 1 atom stereocenters. The monoisotopic (exact) mass is 279 g/mol. The van der Waals surface area contributed by atoms with E-state index >= 15 is 0 Å². The fraction of sp³-hybridized carbons (Fsp3) is 0.625. The summed E-state index contributed by atoms with van der Waals surface area (Å²) in [6, 6.07) is 4.94. The number of nitrogens with two attached hydrogens (primary N) is 1. The van der Waals surface area contributed by atoms with Crippen LogP contribution in [0.4, 0.5) is 10.1 Å². The number of piperidine rings is 1. The van der Waals surface area contributed by atoms with Crippen LogP contribution in [0.25, 0.3) is 0 Å². The average Bonchev–Trinajstić information content (AvgIpc) is 2.40. The molecule has 1 aromatic carbocycles. The minimum absolute atomic E-state index is 0.201. The molecule has 4 heteroatoms. The first-order valence-electron chi connectivity index (χ1n) is 7.42. The molecule has 0 amide bonds. The first-order chi connectivity index (χ1) is 9.49. The molecular formula is C16H26FN3. The molecule has 1 aliphatic rings. The Morgan fingerprint density at radius 2 is 2.05 bits per heavy atom. The number of anilines is 1. The maximum absolute atomic E-state index is 14.0. The molecular weight excluding hydrogens is 253 g/mol. The number of nitrogens with zero attached hydrogens (tertiary/aromatic N) is 2. The van der Waals surface area contributed by atoms with Gasteiger partial charge < -0.3 is 15.5 Å². The highest BCUT2D eigenvalue weighted by molar-refractivity contribution is 5.55. The van der Waals surface area contributed by atoms with Crippen LogP contribution in [0, 0.1) is 11.7 Å². The molecule has 112 valence electrons. The third-order valence-corrected chi connectivity index (χ3v) is 4.27. The van der Waals surface area contributed by atoms with Crippen molar-refractivity contribution in [3.63, 3.8) is 0 Å². The third kappa shape index (κ3) is 3.49. The van der Waals surface area contributed by atoms with E-state index in [0.717, 1.165) is 25.3 Å². The molecule has 1 fully saturated rings. The predicted octanol–water partition coefficient (Wildman–Crippen LogP) is 2.62. The molecule has 1 aliphatic heterocycles. The van der Waals surface area contributed by atoms with Crippen LogP contribution in [0.3, 0.4) is 0 Å². The minimum Gasteiger partial charge on any atom is -0.374 e. The molecule has 0 aliphatic carbocycles. The standard InChI is InChI=1S/C16H26FN3/c1-12(18)16-14(17)5-4-6-15(16)20(3)11-13-7-9-19(2)10-8-13/h4-6,12-13H,7-11,18H2,1-3H3. The van der Waals surface area contributed by atoms with E-state index in [1.54, 1.807) is 6.07 Å². The summed E-state index contributed by atoms with van der Waals surface area (Å²) in [5, 5.41) is 0. The van der Waals surface area contributed by atoms with Crippen molar-refractivity contribution in [2.75, 3.05) is 38.6 Å².